The van der Waals surface area contributed by atoms with E-state index in [0.29, 0.717) is 0 Å². The number of anilines is 2. The molecule has 2 nitrogen and oxygen atoms in total. The van der Waals surface area contributed by atoms with Crippen molar-refractivity contribution < 1.29 is 0 Å². The van der Waals surface area contributed by atoms with Gasteiger partial charge >= 0.3 is 0 Å². The summed E-state index contributed by atoms with van der Waals surface area (Å²) in [7, 11) is 0. The zero-order valence-corrected chi connectivity index (χ0v) is 14.5. The Bertz CT molecular complexity index is 1020. The van der Waals surface area contributed by atoms with Crippen LogP contribution in [0.5, 0.6) is 0 Å². The van der Waals surface area contributed by atoms with Crippen LogP contribution in [0.25, 0.3) is 22.2 Å². The van der Waals surface area contributed by atoms with Gasteiger partial charge in [0.05, 0.1) is 16.9 Å². The Morgan fingerprint density at radius 1 is 0.720 bits per heavy atom. The van der Waals surface area contributed by atoms with E-state index in [0.717, 1.165) is 39.1 Å². The Kier molecular flexibility index (Phi) is 3.95. The zero-order valence-electron chi connectivity index (χ0n) is 14.5. The van der Waals surface area contributed by atoms with Gasteiger partial charge in [-0.1, -0.05) is 66.2 Å². The maximum absolute atomic E-state index is 4.94. The number of pyridine rings is 1. The molecule has 0 bridgehead atoms. The van der Waals surface area contributed by atoms with Gasteiger partial charge in [-0.15, -0.1) is 0 Å². The van der Waals surface area contributed by atoms with Gasteiger partial charge in [0.15, 0.2) is 0 Å². The van der Waals surface area contributed by atoms with E-state index >= 15 is 0 Å². The monoisotopic (exact) mass is 324 g/mol. The van der Waals surface area contributed by atoms with Gasteiger partial charge in [-0.25, -0.2) is 4.98 Å². The molecular weight excluding hydrogens is 304 g/mol. The molecule has 0 radical (unpaired) electrons. The van der Waals surface area contributed by atoms with Crippen LogP contribution in [0.1, 0.15) is 11.1 Å². The third-order valence-electron chi connectivity index (χ3n) is 4.50. The number of aryl methyl sites for hydroxylation is 1. The molecule has 0 atom stereocenters. The Morgan fingerprint density at radius 2 is 1.40 bits per heavy atom. The Hall–Kier alpha value is -3.13. The SMILES string of the molecule is Cc1ccc(-c2nc3ccccc3c(Nc3ccccc3)c2C)cc1. The molecule has 0 amide bonds. The summed E-state index contributed by atoms with van der Waals surface area (Å²) in [6, 6.07) is 27.1. The van der Waals surface area contributed by atoms with E-state index in [9.17, 15) is 0 Å². The van der Waals surface area contributed by atoms with Crippen LogP contribution < -0.4 is 5.32 Å². The van der Waals surface area contributed by atoms with Crippen LogP contribution in [0.4, 0.5) is 11.4 Å². The van der Waals surface area contributed by atoms with Crippen molar-refractivity contribution >= 4 is 22.3 Å². The largest absolute Gasteiger partial charge is 0.355 e. The van der Waals surface area contributed by atoms with Crippen molar-refractivity contribution in [2.24, 2.45) is 0 Å². The number of hydrogen-bond acceptors (Lipinski definition) is 2. The molecule has 122 valence electrons. The highest BCUT2D eigenvalue weighted by molar-refractivity contribution is 5.97. The predicted octanol–water partition coefficient (Wildman–Crippen LogP) is 6.26. The third kappa shape index (κ3) is 2.99. The smallest absolute Gasteiger partial charge is 0.0759 e. The van der Waals surface area contributed by atoms with Crippen molar-refractivity contribution in [1.29, 1.82) is 0 Å². The van der Waals surface area contributed by atoms with Crippen molar-refractivity contribution in [3.8, 4) is 11.3 Å². The molecule has 1 heterocycles. The van der Waals surface area contributed by atoms with E-state index in [-0.39, 0.29) is 0 Å². The second-order valence-electron chi connectivity index (χ2n) is 6.33. The van der Waals surface area contributed by atoms with Crippen molar-refractivity contribution in [2.75, 3.05) is 5.32 Å². The fraction of sp³-hybridized carbons (Fsp3) is 0.0870. The lowest BCUT2D eigenvalue weighted by molar-refractivity contribution is 1.32. The quantitative estimate of drug-likeness (QED) is 0.481. The van der Waals surface area contributed by atoms with Crippen molar-refractivity contribution in [3.05, 3.63) is 90.0 Å². The highest BCUT2D eigenvalue weighted by Crippen LogP contribution is 2.35. The first kappa shape index (κ1) is 15.4. The minimum absolute atomic E-state index is 1.00. The van der Waals surface area contributed by atoms with Crippen molar-refractivity contribution in [1.82, 2.24) is 4.98 Å². The van der Waals surface area contributed by atoms with E-state index in [1.807, 2.05) is 24.3 Å². The molecule has 3 aromatic carbocycles. The maximum atomic E-state index is 4.94. The summed E-state index contributed by atoms with van der Waals surface area (Å²) < 4.78 is 0. The number of para-hydroxylation sites is 2. The highest BCUT2D eigenvalue weighted by Gasteiger charge is 2.13. The molecule has 4 rings (SSSR count). The summed E-state index contributed by atoms with van der Waals surface area (Å²) in [5.41, 5.74) is 7.78. The molecule has 0 aliphatic carbocycles. The van der Waals surface area contributed by atoms with E-state index in [1.165, 1.54) is 5.56 Å². The Labute approximate surface area is 148 Å². The van der Waals surface area contributed by atoms with E-state index in [1.54, 1.807) is 0 Å². The number of rotatable bonds is 3. The van der Waals surface area contributed by atoms with Crippen LogP contribution in [0.15, 0.2) is 78.9 Å². The van der Waals surface area contributed by atoms with Crippen LogP contribution in [0, 0.1) is 13.8 Å². The van der Waals surface area contributed by atoms with Crippen LogP contribution in [0.2, 0.25) is 0 Å². The minimum atomic E-state index is 1.00. The number of nitrogens with one attached hydrogen (secondary N) is 1. The second-order valence-corrected chi connectivity index (χ2v) is 6.33. The molecule has 0 aliphatic rings. The molecular formula is C23H20N2. The number of hydrogen-bond donors (Lipinski definition) is 1. The van der Waals surface area contributed by atoms with Crippen LogP contribution in [0.3, 0.4) is 0 Å². The molecule has 1 aromatic heterocycles. The van der Waals surface area contributed by atoms with Crippen LogP contribution in [-0.2, 0) is 0 Å². The lowest BCUT2D eigenvalue weighted by Crippen LogP contribution is -1.99. The summed E-state index contributed by atoms with van der Waals surface area (Å²) in [6.45, 7) is 4.24. The predicted molar refractivity (Wildman–Crippen MR) is 106 cm³/mol. The number of fused-ring (bicyclic) bond motifs is 1. The fourth-order valence-electron chi connectivity index (χ4n) is 3.13. The van der Waals surface area contributed by atoms with Gasteiger partial charge in [0, 0.05) is 16.6 Å². The molecule has 0 saturated heterocycles. The summed E-state index contributed by atoms with van der Waals surface area (Å²) in [5, 5.41) is 4.74. The number of nitrogens with zero attached hydrogens (tertiary/aromatic N) is 1. The summed E-state index contributed by atoms with van der Waals surface area (Å²) in [5.74, 6) is 0. The number of aromatic nitrogens is 1. The molecule has 25 heavy (non-hydrogen) atoms. The molecule has 0 aliphatic heterocycles. The van der Waals surface area contributed by atoms with Gasteiger partial charge in [-0.05, 0) is 37.6 Å². The highest BCUT2D eigenvalue weighted by atomic mass is 14.9. The minimum Gasteiger partial charge on any atom is -0.355 e. The fourth-order valence-corrected chi connectivity index (χ4v) is 3.13. The van der Waals surface area contributed by atoms with Gasteiger partial charge in [0.1, 0.15) is 0 Å². The van der Waals surface area contributed by atoms with E-state index in [2.05, 4.69) is 73.8 Å². The van der Waals surface area contributed by atoms with Gasteiger partial charge in [0.25, 0.3) is 0 Å². The molecule has 2 heteroatoms. The maximum Gasteiger partial charge on any atom is 0.0759 e. The molecule has 1 N–H and O–H groups in total. The van der Waals surface area contributed by atoms with E-state index in [4.69, 9.17) is 4.98 Å². The summed E-state index contributed by atoms with van der Waals surface area (Å²) in [6.07, 6.45) is 0. The summed E-state index contributed by atoms with van der Waals surface area (Å²) in [4.78, 5) is 4.94. The molecule has 0 unspecified atom stereocenters. The third-order valence-corrected chi connectivity index (χ3v) is 4.50. The van der Waals surface area contributed by atoms with Gasteiger partial charge < -0.3 is 5.32 Å². The average molecular weight is 324 g/mol. The first-order valence-corrected chi connectivity index (χ1v) is 8.51. The van der Waals surface area contributed by atoms with Gasteiger partial charge in [-0.2, -0.15) is 0 Å². The Balaban J connectivity index is 1.93. The lowest BCUT2D eigenvalue weighted by Gasteiger charge is -2.16. The molecule has 0 saturated carbocycles. The van der Waals surface area contributed by atoms with Crippen molar-refractivity contribution in [2.45, 2.75) is 13.8 Å². The van der Waals surface area contributed by atoms with Crippen LogP contribution in [-0.4, -0.2) is 4.98 Å². The van der Waals surface area contributed by atoms with Gasteiger partial charge in [0.2, 0.25) is 0 Å². The zero-order chi connectivity index (χ0) is 17.2. The first-order chi connectivity index (χ1) is 12.2. The lowest BCUT2D eigenvalue weighted by atomic mass is 10.0. The average Bonchev–Trinajstić information content (AvgIpc) is 2.65. The number of benzene rings is 3. The standard InChI is InChI=1S/C23H20N2/c1-16-12-14-18(15-13-16)22-17(2)23(24-19-8-4-3-5-9-19)20-10-6-7-11-21(20)25-22/h3-15H,1-2H3,(H,24,25). The Morgan fingerprint density at radius 3 is 2.16 bits per heavy atom. The topological polar surface area (TPSA) is 24.9 Å². The molecule has 0 fully saturated rings. The summed E-state index contributed by atoms with van der Waals surface area (Å²) >= 11 is 0. The first-order valence-electron chi connectivity index (χ1n) is 8.51. The van der Waals surface area contributed by atoms with Crippen LogP contribution >= 0.6 is 0 Å². The molecule has 0 spiro atoms. The molecule has 4 aromatic rings. The van der Waals surface area contributed by atoms with Gasteiger partial charge in [-0.3, -0.25) is 0 Å². The normalized spacial score (nSPS) is 10.8. The van der Waals surface area contributed by atoms with Crippen molar-refractivity contribution in [3.63, 3.8) is 0 Å². The second kappa shape index (κ2) is 6.40. The van der Waals surface area contributed by atoms with E-state index < -0.39 is 0 Å².